The summed E-state index contributed by atoms with van der Waals surface area (Å²) in [5, 5.41) is 9.03. The molecule has 0 saturated heterocycles. The number of amides is 1. The van der Waals surface area contributed by atoms with Gasteiger partial charge in [0.2, 0.25) is 0 Å². The van der Waals surface area contributed by atoms with E-state index in [4.69, 9.17) is 9.84 Å². The van der Waals surface area contributed by atoms with E-state index in [1.807, 2.05) is 6.07 Å². The second kappa shape index (κ2) is 6.86. The molecule has 0 atom stereocenters. The van der Waals surface area contributed by atoms with Crippen molar-refractivity contribution in [2.45, 2.75) is 19.4 Å². The monoisotopic (exact) mass is 328 g/mol. The van der Waals surface area contributed by atoms with E-state index in [1.54, 1.807) is 12.4 Å². The molecular weight excluding hydrogens is 312 g/mol. The molecule has 0 aliphatic heterocycles. The summed E-state index contributed by atoms with van der Waals surface area (Å²) >= 11 is 3.34. The first-order valence-corrected chi connectivity index (χ1v) is 7.10. The van der Waals surface area contributed by atoms with Gasteiger partial charge in [0.15, 0.2) is 0 Å². The third-order valence-electron chi connectivity index (χ3n) is 2.90. The van der Waals surface area contributed by atoms with Crippen molar-refractivity contribution in [3.05, 3.63) is 28.5 Å². The fourth-order valence-electron chi connectivity index (χ4n) is 1.68. The Kier molecular flexibility index (Phi) is 5.15. The van der Waals surface area contributed by atoms with Gasteiger partial charge in [-0.1, -0.05) is 0 Å². The van der Waals surface area contributed by atoms with E-state index in [0.29, 0.717) is 19.1 Å². The molecule has 6 heteroatoms. The lowest BCUT2D eigenvalue weighted by Crippen LogP contribution is -2.34. The molecule has 1 aliphatic rings. The van der Waals surface area contributed by atoms with Crippen molar-refractivity contribution in [1.82, 2.24) is 9.88 Å². The molecular formula is C13H17BrN2O3. The second-order valence-electron chi connectivity index (χ2n) is 4.68. The molecule has 1 aromatic rings. The van der Waals surface area contributed by atoms with Gasteiger partial charge in [-0.15, -0.1) is 0 Å². The van der Waals surface area contributed by atoms with Crippen molar-refractivity contribution in [3.63, 3.8) is 0 Å². The number of halogens is 1. The topological polar surface area (TPSA) is 62.7 Å². The van der Waals surface area contributed by atoms with Crippen LogP contribution in [0.5, 0.6) is 0 Å². The molecule has 0 aromatic carbocycles. The van der Waals surface area contributed by atoms with Gasteiger partial charge >= 0.3 is 6.09 Å². The number of rotatable bonds is 6. The van der Waals surface area contributed by atoms with Crippen LogP contribution in [0.3, 0.4) is 0 Å². The standard InChI is InChI=1S/C13H17BrN2O3/c14-12-5-11(6-15-7-12)8-16(3-4-17)13(18)19-9-10-1-2-10/h5-7,10,17H,1-4,8-9H2. The third kappa shape index (κ3) is 4.80. The molecule has 1 aromatic heterocycles. The summed E-state index contributed by atoms with van der Waals surface area (Å²) in [6.07, 6.45) is 5.29. The maximum atomic E-state index is 11.9. The summed E-state index contributed by atoms with van der Waals surface area (Å²) in [6.45, 7) is 1.05. The van der Waals surface area contributed by atoms with Crippen molar-refractivity contribution in [1.29, 1.82) is 0 Å². The molecule has 19 heavy (non-hydrogen) atoms. The SMILES string of the molecule is O=C(OCC1CC1)N(CCO)Cc1cncc(Br)c1. The Labute approximate surface area is 120 Å². The van der Waals surface area contributed by atoms with Crippen molar-refractivity contribution in [3.8, 4) is 0 Å². The predicted molar refractivity (Wildman–Crippen MR) is 73.5 cm³/mol. The first-order chi connectivity index (χ1) is 9.19. The molecule has 1 amide bonds. The highest BCUT2D eigenvalue weighted by Gasteiger charge is 2.24. The summed E-state index contributed by atoms with van der Waals surface area (Å²) in [6, 6.07) is 1.89. The van der Waals surface area contributed by atoms with E-state index in [0.717, 1.165) is 22.9 Å². The molecule has 104 valence electrons. The lowest BCUT2D eigenvalue weighted by molar-refractivity contribution is 0.0877. The van der Waals surface area contributed by atoms with Crippen LogP contribution in [-0.2, 0) is 11.3 Å². The minimum atomic E-state index is -0.374. The molecule has 1 N–H and O–H groups in total. The van der Waals surface area contributed by atoms with Crippen LogP contribution in [0.1, 0.15) is 18.4 Å². The maximum Gasteiger partial charge on any atom is 0.410 e. The first kappa shape index (κ1) is 14.3. The molecule has 2 rings (SSSR count). The number of carbonyl (C=O) groups is 1. The summed E-state index contributed by atoms with van der Waals surface area (Å²) in [5.74, 6) is 0.535. The Bertz CT molecular complexity index is 438. The average molecular weight is 329 g/mol. The van der Waals surface area contributed by atoms with Crippen molar-refractivity contribution < 1.29 is 14.6 Å². The number of hydrogen-bond donors (Lipinski definition) is 1. The summed E-state index contributed by atoms with van der Waals surface area (Å²) in [5.41, 5.74) is 0.895. The molecule has 1 aliphatic carbocycles. The van der Waals surface area contributed by atoms with E-state index in [-0.39, 0.29) is 19.2 Å². The van der Waals surface area contributed by atoms with Crippen LogP contribution in [0.25, 0.3) is 0 Å². The van der Waals surface area contributed by atoms with Crippen molar-refractivity contribution in [2.24, 2.45) is 5.92 Å². The third-order valence-corrected chi connectivity index (χ3v) is 3.34. The average Bonchev–Trinajstić information content (AvgIpc) is 3.19. The number of hydrogen-bond acceptors (Lipinski definition) is 4. The Morgan fingerprint density at radius 1 is 1.53 bits per heavy atom. The van der Waals surface area contributed by atoms with Crippen LogP contribution in [0.4, 0.5) is 4.79 Å². The van der Waals surface area contributed by atoms with Gasteiger partial charge in [0.05, 0.1) is 19.8 Å². The lowest BCUT2D eigenvalue weighted by Gasteiger charge is -2.21. The van der Waals surface area contributed by atoms with Gasteiger partial charge in [-0.05, 0) is 46.3 Å². The number of carbonyl (C=O) groups excluding carboxylic acids is 1. The van der Waals surface area contributed by atoms with Crippen LogP contribution in [0.2, 0.25) is 0 Å². The molecule has 0 bridgehead atoms. The summed E-state index contributed by atoms with van der Waals surface area (Å²) in [4.78, 5) is 17.5. The zero-order chi connectivity index (χ0) is 13.7. The Balaban J connectivity index is 1.91. The fourth-order valence-corrected chi connectivity index (χ4v) is 2.10. The van der Waals surface area contributed by atoms with Gasteiger partial charge < -0.3 is 14.7 Å². The highest BCUT2D eigenvalue weighted by Crippen LogP contribution is 2.29. The van der Waals surface area contributed by atoms with Gasteiger partial charge in [-0.25, -0.2) is 4.79 Å². The van der Waals surface area contributed by atoms with Crippen LogP contribution in [-0.4, -0.2) is 40.8 Å². The van der Waals surface area contributed by atoms with E-state index in [9.17, 15) is 4.79 Å². The highest BCUT2D eigenvalue weighted by molar-refractivity contribution is 9.10. The molecule has 0 unspecified atom stereocenters. The zero-order valence-electron chi connectivity index (χ0n) is 10.6. The molecule has 1 saturated carbocycles. The van der Waals surface area contributed by atoms with Gasteiger partial charge in [0, 0.05) is 23.4 Å². The highest BCUT2D eigenvalue weighted by atomic mass is 79.9. The fraction of sp³-hybridized carbons (Fsp3) is 0.538. The second-order valence-corrected chi connectivity index (χ2v) is 5.59. The quantitative estimate of drug-likeness (QED) is 0.869. The molecule has 0 radical (unpaired) electrons. The van der Waals surface area contributed by atoms with E-state index >= 15 is 0 Å². The molecule has 0 spiro atoms. The normalized spacial score (nSPS) is 14.2. The molecule has 1 fully saturated rings. The smallest absolute Gasteiger partial charge is 0.410 e. The first-order valence-electron chi connectivity index (χ1n) is 6.31. The van der Waals surface area contributed by atoms with Crippen molar-refractivity contribution in [2.75, 3.05) is 19.8 Å². The van der Waals surface area contributed by atoms with Crippen LogP contribution < -0.4 is 0 Å². The van der Waals surface area contributed by atoms with Crippen LogP contribution in [0.15, 0.2) is 22.9 Å². The maximum absolute atomic E-state index is 11.9. The van der Waals surface area contributed by atoms with E-state index < -0.39 is 0 Å². The molecule has 1 heterocycles. The van der Waals surface area contributed by atoms with E-state index in [1.165, 1.54) is 4.90 Å². The zero-order valence-corrected chi connectivity index (χ0v) is 12.2. The minimum absolute atomic E-state index is 0.0834. The Morgan fingerprint density at radius 3 is 2.95 bits per heavy atom. The predicted octanol–water partition coefficient (Wildman–Crippen LogP) is 2.19. The summed E-state index contributed by atoms with van der Waals surface area (Å²) in [7, 11) is 0. The Morgan fingerprint density at radius 2 is 2.32 bits per heavy atom. The van der Waals surface area contributed by atoms with Crippen LogP contribution >= 0.6 is 15.9 Å². The van der Waals surface area contributed by atoms with Gasteiger partial charge in [0.1, 0.15) is 0 Å². The lowest BCUT2D eigenvalue weighted by atomic mass is 10.2. The van der Waals surface area contributed by atoms with Crippen molar-refractivity contribution >= 4 is 22.0 Å². The summed E-state index contributed by atoms with van der Waals surface area (Å²) < 4.78 is 6.09. The number of ether oxygens (including phenoxy) is 1. The molecule has 5 nitrogen and oxygen atoms in total. The van der Waals surface area contributed by atoms with Crippen LogP contribution in [0, 0.1) is 5.92 Å². The number of aromatic nitrogens is 1. The number of aliphatic hydroxyl groups is 1. The largest absolute Gasteiger partial charge is 0.449 e. The number of nitrogens with zero attached hydrogens (tertiary/aromatic N) is 2. The number of aliphatic hydroxyl groups excluding tert-OH is 1. The van der Waals surface area contributed by atoms with Gasteiger partial charge in [-0.2, -0.15) is 0 Å². The minimum Gasteiger partial charge on any atom is -0.449 e. The van der Waals surface area contributed by atoms with Gasteiger partial charge in [0.25, 0.3) is 0 Å². The Hall–Kier alpha value is -1.14. The number of pyridine rings is 1. The van der Waals surface area contributed by atoms with E-state index in [2.05, 4.69) is 20.9 Å². The van der Waals surface area contributed by atoms with Gasteiger partial charge in [-0.3, -0.25) is 4.98 Å².